The highest BCUT2D eigenvalue weighted by Crippen LogP contribution is 2.36. The number of aromatic hydroxyl groups is 1. The van der Waals surface area contributed by atoms with Crippen molar-refractivity contribution in [3.63, 3.8) is 0 Å². The van der Waals surface area contributed by atoms with Crippen molar-refractivity contribution in [2.24, 2.45) is 5.92 Å². The summed E-state index contributed by atoms with van der Waals surface area (Å²) in [5.74, 6) is -0.429. The third kappa shape index (κ3) is 5.71. The Hall–Kier alpha value is -2.12. The van der Waals surface area contributed by atoms with Gasteiger partial charge in [0.15, 0.2) is 11.5 Å². The molecule has 26 heavy (non-hydrogen) atoms. The smallest absolute Gasteiger partial charge is 0.416 e. The van der Waals surface area contributed by atoms with Crippen LogP contribution in [-0.4, -0.2) is 41.4 Å². The molecule has 0 atom stereocenters. The Labute approximate surface area is 150 Å². The third-order valence-corrected chi connectivity index (χ3v) is 4.03. The van der Waals surface area contributed by atoms with Crippen molar-refractivity contribution in [3.8, 4) is 11.5 Å². The van der Waals surface area contributed by atoms with Gasteiger partial charge in [0.2, 0.25) is 0 Å². The predicted octanol–water partition coefficient (Wildman–Crippen LogP) is 4.44. The van der Waals surface area contributed by atoms with E-state index in [4.69, 9.17) is 9.47 Å². The maximum absolute atomic E-state index is 12.7. The largest absolute Gasteiger partial charge is 0.504 e. The van der Waals surface area contributed by atoms with Gasteiger partial charge in [-0.1, -0.05) is 0 Å². The molecule has 146 valence electrons. The molecule has 1 saturated heterocycles. The SMILES string of the molecule is CC(C)(C)OC(=O)N1CCC(COc2cc(C(F)(F)F)ccc2O)CC1. The highest BCUT2D eigenvalue weighted by Gasteiger charge is 2.32. The number of carbonyl (C=O) groups is 1. The van der Waals surface area contributed by atoms with Gasteiger partial charge in [-0.05, 0) is 57.7 Å². The molecule has 0 spiro atoms. The van der Waals surface area contributed by atoms with Crippen molar-refractivity contribution in [3.05, 3.63) is 23.8 Å². The van der Waals surface area contributed by atoms with Crippen LogP contribution in [0, 0.1) is 5.92 Å². The molecule has 2 rings (SSSR count). The summed E-state index contributed by atoms with van der Waals surface area (Å²) >= 11 is 0. The lowest BCUT2D eigenvalue weighted by Crippen LogP contribution is -2.42. The molecule has 8 heteroatoms. The van der Waals surface area contributed by atoms with Crippen LogP contribution >= 0.6 is 0 Å². The lowest BCUT2D eigenvalue weighted by molar-refractivity contribution is -0.137. The normalized spacial score (nSPS) is 16.5. The van der Waals surface area contributed by atoms with Gasteiger partial charge < -0.3 is 19.5 Å². The van der Waals surface area contributed by atoms with Crippen LogP contribution in [0.3, 0.4) is 0 Å². The summed E-state index contributed by atoms with van der Waals surface area (Å²) in [5, 5.41) is 9.69. The minimum Gasteiger partial charge on any atom is -0.504 e. The first-order valence-corrected chi connectivity index (χ1v) is 8.46. The highest BCUT2D eigenvalue weighted by atomic mass is 19.4. The molecule has 1 aromatic rings. The Morgan fingerprint density at radius 1 is 1.23 bits per heavy atom. The number of phenols is 1. The van der Waals surface area contributed by atoms with E-state index in [2.05, 4.69) is 0 Å². The quantitative estimate of drug-likeness (QED) is 0.849. The topological polar surface area (TPSA) is 59.0 Å². The molecule has 0 aliphatic carbocycles. The molecule has 1 aliphatic rings. The van der Waals surface area contributed by atoms with Crippen LogP contribution in [0.25, 0.3) is 0 Å². The maximum Gasteiger partial charge on any atom is 0.416 e. The molecule has 1 N–H and O–H groups in total. The number of nitrogens with zero attached hydrogens (tertiary/aromatic N) is 1. The molecule has 0 radical (unpaired) electrons. The number of piperidine rings is 1. The van der Waals surface area contributed by atoms with Crippen LogP contribution in [0.2, 0.25) is 0 Å². The standard InChI is InChI=1S/C18H24F3NO4/c1-17(2,3)26-16(24)22-8-6-12(7-9-22)11-25-15-10-13(18(19,20)21)4-5-14(15)23/h4-5,10,12,23H,6-9,11H2,1-3H3. The van der Waals surface area contributed by atoms with Crippen molar-refractivity contribution in [2.45, 2.75) is 45.4 Å². The number of rotatable bonds is 3. The van der Waals surface area contributed by atoms with Gasteiger partial charge in [-0.3, -0.25) is 0 Å². The van der Waals surface area contributed by atoms with Gasteiger partial charge in [-0.2, -0.15) is 13.2 Å². The number of carbonyl (C=O) groups excluding carboxylic acids is 1. The van der Waals surface area contributed by atoms with E-state index in [0.29, 0.717) is 25.9 Å². The number of amides is 1. The van der Waals surface area contributed by atoms with E-state index in [1.54, 1.807) is 25.7 Å². The van der Waals surface area contributed by atoms with Crippen molar-refractivity contribution >= 4 is 6.09 Å². The number of hydrogen-bond donors (Lipinski definition) is 1. The molecular formula is C18H24F3NO4. The highest BCUT2D eigenvalue weighted by molar-refractivity contribution is 5.68. The van der Waals surface area contributed by atoms with Crippen LogP contribution < -0.4 is 4.74 Å². The van der Waals surface area contributed by atoms with E-state index in [-0.39, 0.29) is 30.1 Å². The van der Waals surface area contributed by atoms with E-state index >= 15 is 0 Å². The first kappa shape index (κ1) is 20.2. The number of likely N-dealkylation sites (tertiary alicyclic amines) is 1. The molecular weight excluding hydrogens is 351 g/mol. The fourth-order valence-electron chi connectivity index (χ4n) is 2.62. The molecule has 0 aromatic heterocycles. The summed E-state index contributed by atoms with van der Waals surface area (Å²) in [6, 6.07) is 2.58. The molecule has 1 aliphatic heterocycles. The Bertz CT molecular complexity index is 632. The molecule has 5 nitrogen and oxygen atoms in total. The molecule has 1 heterocycles. The first-order chi connectivity index (χ1) is 12.0. The summed E-state index contributed by atoms with van der Waals surface area (Å²) < 4.78 is 49.0. The van der Waals surface area contributed by atoms with E-state index in [1.807, 2.05) is 0 Å². The maximum atomic E-state index is 12.7. The van der Waals surface area contributed by atoms with E-state index in [0.717, 1.165) is 18.2 Å². The number of hydrogen-bond acceptors (Lipinski definition) is 4. The summed E-state index contributed by atoms with van der Waals surface area (Å²) in [5.41, 5.74) is -1.43. The first-order valence-electron chi connectivity index (χ1n) is 8.46. The number of halogens is 3. The molecule has 0 bridgehead atoms. The molecule has 1 fully saturated rings. The second kappa shape index (κ2) is 7.63. The van der Waals surface area contributed by atoms with Gasteiger partial charge in [0.25, 0.3) is 0 Å². The molecule has 1 amide bonds. The van der Waals surface area contributed by atoms with Crippen LogP contribution in [0.4, 0.5) is 18.0 Å². The van der Waals surface area contributed by atoms with Crippen molar-refractivity contribution < 1.29 is 32.5 Å². The number of benzene rings is 1. The average molecular weight is 375 g/mol. The Balaban J connectivity index is 1.86. The summed E-state index contributed by atoms with van der Waals surface area (Å²) in [6.45, 7) is 6.57. The zero-order valence-corrected chi connectivity index (χ0v) is 15.1. The van der Waals surface area contributed by atoms with E-state index in [1.165, 1.54) is 0 Å². The number of alkyl halides is 3. The monoisotopic (exact) mass is 375 g/mol. The Morgan fingerprint density at radius 2 is 1.85 bits per heavy atom. The lowest BCUT2D eigenvalue weighted by Gasteiger charge is -2.33. The van der Waals surface area contributed by atoms with Gasteiger partial charge in [0.05, 0.1) is 12.2 Å². The second-order valence-corrected chi connectivity index (χ2v) is 7.40. The Morgan fingerprint density at radius 3 is 2.38 bits per heavy atom. The van der Waals surface area contributed by atoms with Crippen molar-refractivity contribution in [1.29, 1.82) is 0 Å². The molecule has 0 saturated carbocycles. The van der Waals surface area contributed by atoms with Crippen molar-refractivity contribution in [2.75, 3.05) is 19.7 Å². The van der Waals surface area contributed by atoms with Crippen LogP contribution in [0.5, 0.6) is 11.5 Å². The average Bonchev–Trinajstić information content (AvgIpc) is 2.52. The summed E-state index contributed by atoms with van der Waals surface area (Å²) in [6.07, 6.45) is -3.56. The lowest BCUT2D eigenvalue weighted by atomic mass is 9.98. The molecule has 0 unspecified atom stereocenters. The van der Waals surface area contributed by atoms with Crippen molar-refractivity contribution in [1.82, 2.24) is 4.90 Å². The van der Waals surface area contributed by atoms with Crippen LogP contribution in [0.1, 0.15) is 39.2 Å². The van der Waals surface area contributed by atoms with Gasteiger partial charge >= 0.3 is 12.3 Å². The predicted molar refractivity (Wildman–Crippen MR) is 89.1 cm³/mol. The fraction of sp³-hybridized carbons (Fsp3) is 0.611. The Kier molecular flexibility index (Phi) is 5.93. The second-order valence-electron chi connectivity index (χ2n) is 7.40. The van der Waals surface area contributed by atoms with Gasteiger partial charge in [-0.25, -0.2) is 4.79 Å². The van der Waals surface area contributed by atoms with Crippen LogP contribution in [-0.2, 0) is 10.9 Å². The minimum atomic E-state index is -4.50. The summed E-state index contributed by atoms with van der Waals surface area (Å²) in [4.78, 5) is 13.6. The van der Waals surface area contributed by atoms with Gasteiger partial charge in [0.1, 0.15) is 5.60 Å². The van der Waals surface area contributed by atoms with Gasteiger partial charge in [-0.15, -0.1) is 0 Å². The van der Waals surface area contributed by atoms with E-state index in [9.17, 15) is 23.1 Å². The third-order valence-electron chi connectivity index (χ3n) is 4.03. The van der Waals surface area contributed by atoms with Crippen LogP contribution in [0.15, 0.2) is 18.2 Å². The zero-order valence-electron chi connectivity index (χ0n) is 15.1. The number of phenolic OH excluding ortho intramolecular Hbond substituents is 1. The number of ether oxygens (including phenoxy) is 2. The summed E-state index contributed by atoms with van der Waals surface area (Å²) in [7, 11) is 0. The fourth-order valence-corrected chi connectivity index (χ4v) is 2.62. The molecule has 1 aromatic carbocycles. The zero-order chi connectivity index (χ0) is 19.5. The van der Waals surface area contributed by atoms with Gasteiger partial charge in [0, 0.05) is 13.1 Å². The van der Waals surface area contributed by atoms with E-state index < -0.39 is 17.3 Å². The minimum absolute atomic E-state index is 0.0858.